The third-order valence-electron chi connectivity index (χ3n) is 3.45. The van der Waals surface area contributed by atoms with E-state index < -0.39 is 0 Å². The van der Waals surface area contributed by atoms with Gasteiger partial charge in [0.1, 0.15) is 5.82 Å². The predicted molar refractivity (Wildman–Crippen MR) is 93.1 cm³/mol. The fourth-order valence-electron chi connectivity index (χ4n) is 2.15. The van der Waals surface area contributed by atoms with Crippen LogP contribution in [0.15, 0.2) is 42.6 Å². The predicted octanol–water partition coefficient (Wildman–Crippen LogP) is 3.90. The second-order valence-electron chi connectivity index (χ2n) is 5.56. The number of hydrogen-bond donors (Lipinski definition) is 2. The summed E-state index contributed by atoms with van der Waals surface area (Å²) in [5.74, 6) is 0.757. The molecule has 0 aliphatic carbocycles. The first-order chi connectivity index (χ1) is 11.5. The maximum Gasteiger partial charge on any atom is 0.259 e. The van der Waals surface area contributed by atoms with Gasteiger partial charge in [0.25, 0.3) is 5.91 Å². The van der Waals surface area contributed by atoms with Crippen molar-refractivity contribution in [2.75, 3.05) is 5.32 Å². The van der Waals surface area contributed by atoms with Gasteiger partial charge in [0.15, 0.2) is 0 Å². The summed E-state index contributed by atoms with van der Waals surface area (Å²) in [5.41, 5.74) is 1.92. The van der Waals surface area contributed by atoms with E-state index in [0.29, 0.717) is 16.4 Å². The van der Waals surface area contributed by atoms with Crippen LogP contribution in [0.4, 0.5) is 5.95 Å². The smallest absolute Gasteiger partial charge is 0.259 e. The fraction of sp³-hybridized carbons (Fsp3) is 0.176. The van der Waals surface area contributed by atoms with Gasteiger partial charge in [-0.1, -0.05) is 37.6 Å². The van der Waals surface area contributed by atoms with Gasteiger partial charge in [0.2, 0.25) is 5.95 Å². The van der Waals surface area contributed by atoms with Crippen molar-refractivity contribution < 1.29 is 4.79 Å². The molecule has 0 spiro atoms. The van der Waals surface area contributed by atoms with Crippen molar-refractivity contribution in [3.05, 3.63) is 59.0 Å². The third-order valence-corrected chi connectivity index (χ3v) is 3.78. The molecule has 0 unspecified atom stereocenters. The molecule has 122 valence electrons. The zero-order valence-corrected chi connectivity index (χ0v) is 14.0. The Balaban J connectivity index is 1.86. The molecule has 0 saturated heterocycles. The highest BCUT2D eigenvalue weighted by molar-refractivity contribution is 6.34. The van der Waals surface area contributed by atoms with Crippen LogP contribution in [-0.2, 0) is 0 Å². The molecule has 0 aliphatic heterocycles. The normalized spacial score (nSPS) is 10.8. The van der Waals surface area contributed by atoms with Crippen LogP contribution < -0.4 is 5.32 Å². The topological polar surface area (TPSA) is 83.6 Å². The number of nitrogens with one attached hydrogen (secondary N) is 2. The van der Waals surface area contributed by atoms with Gasteiger partial charge in [-0.15, -0.1) is 5.10 Å². The van der Waals surface area contributed by atoms with Crippen LogP contribution in [0.5, 0.6) is 0 Å². The van der Waals surface area contributed by atoms with Crippen LogP contribution in [0.1, 0.15) is 35.9 Å². The molecule has 2 aromatic heterocycles. The number of aromatic nitrogens is 4. The van der Waals surface area contributed by atoms with Crippen molar-refractivity contribution in [2.45, 2.75) is 19.8 Å². The number of aromatic amines is 1. The average Bonchev–Trinajstić information content (AvgIpc) is 3.05. The Bertz CT molecular complexity index is 860. The van der Waals surface area contributed by atoms with E-state index in [1.54, 1.807) is 18.3 Å². The molecular weight excluding hydrogens is 326 g/mol. The number of amides is 1. The second kappa shape index (κ2) is 6.80. The molecule has 0 radical (unpaired) electrons. The lowest BCUT2D eigenvalue weighted by Gasteiger charge is -2.07. The van der Waals surface area contributed by atoms with Gasteiger partial charge >= 0.3 is 0 Å². The van der Waals surface area contributed by atoms with Crippen molar-refractivity contribution in [3.63, 3.8) is 0 Å². The summed E-state index contributed by atoms with van der Waals surface area (Å²) < 4.78 is 0. The SMILES string of the molecule is CC(C)c1nc(NC(=O)c2cc(-c3ccccn3)ccc2Cl)n[nH]1. The molecule has 0 fully saturated rings. The number of rotatable bonds is 4. The van der Waals surface area contributed by atoms with Crippen LogP contribution in [0.3, 0.4) is 0 Å². The summed E-state index contributed by atoms with van der Waals surface area (Å²) in [5, 5.41) is 9.79. The highest BCUT2D eigenvalue weighted by atomic mass is 35.5. The van der Waals surface area contributed by atoms with Gasteiger partial charge in [-0.05, 0) is 24.3 Å². The first kappa shape index (κ1) is 16.1. The number of hydrogen-bond acceptors (Lipinski definition) is 4. The maximum absolute atomic E-state index is 12.5. The molecule has 3 rings (SSSR count). The van der Waals surface area contributed by atoms with Crippen LogP contribution >= 0.6 is 11.6 Å². The molecule has 1 amide bonds. The Labute approximate surface area is 144 Å². The van der Waals surface area contributed by atoms with E-state index in [0.717, 1.165) is 11.3 Å². The first-order valence-corrected chi connectivity index (χ1v) is 7.87. The van der Waals surface area contributed by atoms with Gasteiger partial charge in [-0.25, -0.2) is 0 Å². The van der Waals surface area contributed by atoms with E-state index in [2.05, 4.69) is 25.5 Å². The third kappa shape index (κ3) is 3.44. The molecule has 24 heavy (non-hydrogen) atoms. The maximum atomic E-state index is 12.5. The van der Waals surface area contributed by atoms with Gasteiger partial charge in [0.05, 0.1) is 16.3 Å². The Kier molecular flexibility index (Phi) is 4.57. The number of nitrogens with zero attached hydrogens (tertiary/aromatic N) is 3. The van der Waals surface area contributed by atoms with Crippen molar-refractivity contribution in [1.29, 1.82) is 0 Å². The Hall–Kier alpha value is -2.73. The summed E-state index contributed by atoms with van der Waals surface area (Å²) in [4.78, 5) is 21.0. The molecule has 0 saturated carbocycles. The van der Waals surface area contributed by atoms with E-state index in [9.17, 15) is 4.79 Å². The molecule has 6 nitrogen and oxygen atoms in total. The average molecular weight is 342 g/mol. The summed E-state index contributed by atoms with van der Waals surface area (Å²) in [6.45, 7) is 3.97. The lowest BCUT2D eigenvalue weighted by Crippen LogP contribution is -2.13. The summed E-state index contributed by atoms with van der Waals surface area (Å²) in [6, 6.07) is 10.8. The number of carbonyl (C=O) groups excluding carboxylic acids is 1. The highest BCUT2D eigenvalue weighted by Crippen LogP contribution is 2.24. The zero-order chi connectivity index (χ0) is 17.1. The number of carbonyl (C=O) groups is 1. The summed E-state index contributed by atoms with van der Waals surface area (Å²) in [7, 11) is 0. The van der Waals surface area contributed by atoms with Crippen LogP contribution in [0, 0.1) is 0 Å². The molecule has 0 bridgehead atoms. The number of H-pyrrole nitrogens is 1. The molecule has 0 aliphatic rings. The van der Waals surface area contributed by atoms with Crippen molar-refractivity contribution in [1.82, 2.24) is 20.2 Å². The molecule has 2 N–H and O–H groups in total. The van der Waals surface area contributed by atoms with E-state index in [-0.39, 0.29) is 17.8 Å². The van der Waals surface area contributed by atoms with E-state index >= 15 is 0 Å². The molecule has 7 heteroatoms. The second-order valence-corrected chi connectivity index (χ2v) is 5.97. The van der Waals surface area contributed by atoms with Crippen LogP contribution in [0.25, 0.3) is 11.3 Å². The number of halogens is 1. The van der Waals surface area contributed by atoms with Crippen molar-refractivity contribution in [3.8, 4) is 11.3 Å². The lowest BCUT2D eigenvalue weighted by molar-refractivity contribution is 0.102. The van der Waals surface area contributed by atoms with Crippen molar-refractivity contribution >= 4 is 23.5 Å². The summed E-state index contributed by atoms with van der Waals surface area (Å²) in [6.07, 6.45) is 1.70. The molecule has 2 heterocycles. The summed E-state index contributed by atoms with van der Waals surface area (Å²) >= 11 is 6.17. The molecule has 3 aromatic rings. The van der Waals surface area contributed by atoms with Gasteiger partial charge in [-0.2, -0.15) is 4.98 Å². The van der Waals surface area contributed by atoms with Crippen LogP contribution in [0.2, 0.25) is 5.02 Å². The Morgan fingerprint density at radius 1 is 1.25 bits per heavy atom. The Morgan fingerprint density at radius 2 is 2.08 bits per heavy atom. The standard InChI is InChI=1S/C17H16ClN5O/c1-10(2)15-20-17(23-22-15)21-16(24)12-9-11(6-7-13(12)18)14-5-3-4-8-19-14/h3-10H,1-2H3,(H2,20,21,22,23,24). The van der Waals surface area contributed by atoms with Crippen LogP contribution in [-0.4, -0.2) is 26.1 Å². The minimum absolute atomic E-state index is 0.194. The number of anilines is 1. The minimum Gasteiger partial charge on any atom is -0.289 e. The first-order valence-electron chi connectivity index (χ1n) is 7.49. The van der Waals surface area contributed by atoms with Crippen molar-refractivity contribution in [2.24, 2.45) is 0 Å². The number of benzene rings is 1. The quantitative estimate of drug-likeness (QED) is 0.754. The lowest BCUT2D eigenvalue weighted by atomic mass is 10.1. The van der Waals surface area contributed by atoms with E-state index in [1.165, 1.54) is 0 Å². The Morgan fingerprint density at radius 3 is 2.75 bits per heavy atom. The molecule has 0 atom stereocenters. The molecule has 1 aromatic carbocycles. The zero-order valence-electron chi connectivity index (χ0n) is 13.2. The highest BCUT2D eigenvalue weighted by Gasteiger charge is 2.15. The monoisotopic (exact) mass is 341 g/mol. The number of pyridine rings is 1. The van der Waals surface area contributed by atoms with Gasteiger partial charge < -0.3 is 0 Å². The van der Waals surface area contributed by atoms with E-state index in [1.807, 2.05) is 38.1 Å². The minimum atomic E-state index is -0.368. The molecular formula is C17H16ClN5O. The fourth-order valence-corrected chi connectivity index (χ4v) is 2.35. The van der Waals surface area contributed by atoms with E-state index in [4.69, 9.17) is 11.6 Å². The van der Waals surface area contributed by atoms with Gasteiger partial charge in [0, 0.05) is 17.7 Å². The largest absolute Gasteiger partial charge is 0.289 e. The van der Waals surface area contributed by atoms with Gasteiger partial charge in [-0.3, -0.25) is 20.2 Å².